The van der Waals surface area contributed by atoms with Crippen LogP contribution in [0.25, 0.3) is 0 Å². The molecule has 0 saturated heterocycles. The maximum atomic E-state index is 13.0. The molecule has 2 saturated carbocycles. The lowest BCUT2D eigenvalue weighted by molar-refractivity contribution is -0.181. The topological polar surface area (TPSA) is 110 Å². The van der Waals surface area contributed by atoms with E-state index in [0.29, 0.717) is 19.3 Å². The molecule has 4 rings (SSSR count). The average Bonchev–Trinajstić information content (AvgIpc) is 3.02. The van der Waals surface area contributed by atoms with Crippen LogP contribution < -0.4 is 0 Å². The Hall–Kier alpha value is -1.99. The third-order valence-corrected chi connectivity index (χ3v) is 9.23. The van der Waals surface area contributed by atoms with Gasteiger partial charge in [0, 0.05) is 18.8 Å². The first-order valence-corrected chi connectivity index (χ1v) is 11.5. The molecule has 0 spiro atoms. The van der Waals surface area contributed by atoms with E-state index in [1.54, 1.807) is 7.11 Å². The van der Waals surface area contributed by atoms with E-state index in [4.69, 9.17) is 9.47 Å². The minimum atomic E-state index is -1.67. The second-order valence-corrected chi connectivity index (χ2v) is 10.6. The number of aliphatic hydroxyl groups excluding tert-OH is 1. The Bertz CT molecular complexity index is 904. The SMILES string of the molecule is COC1=CC2=C(C=O)C[C@@H]3[C@H](C(O)C[C@@]4(C)[C@H]3CC[C@]4(O)C(=O)COC(C)=O)[C@@]2(C)CC1. The molecule has 2 N–H and O–H groups in total. The molecular formula is C25H34O7. The van der Waals surface area contributed by atoms with Crippen LogP contribution in [0, 0.1) is 28.6 Å². The highest BCUT2D eigenvalue weighted by Gasteiger charge is 2.68. The smallest absolute Gasteiger partial charge is 0.303 e. The molecule has 7 nitrogen and oxygen atoms in total. The molecule has 176 valence electrons. The molecule has 0 aromatic carbocycles. The zero-order valence-corrected chi connectivity index (χ0v) is 19.3. The number of carbonyl (C=O) groups is 3. The molecule has 4 aliphatic carbocycles. The third kappa shape index (κ3) is 3.11. The fourth-order valence-corrected chi connectivity index (χ4v) is 7.65. The van der Waals surface area contributed by atoms with Gasteiger partial charge in [-0.15, -0.1) is 0 Å². The molecule has 1 unspecified atom stereocenters. The number of fused-ring (bicyclic) bond motifs is 5. The number of ether oxygens (including phenoxy) is 2. The normalized spacial score (nSPS) is 42.9. The number of Topliss-reactive ketones (excluding diaryl/α,β-unsaturated/α-hetero) is 1. The van der Waals surface area contributed by atoms with Crippen molar-refractivity contribution in [2.24, 2.45) is 28.6 Å². The molecule has 0 radical (unpaired) electrons. The minimum absolute atomic E-state index is 0.0225. The molecule has 0 aromatic heterocycles. The Balaban J connectivity index is 1.73. The third-order valence-electron chi connectivity index (χ3n) is 9.23. The van der Waals surface area contributed by atoms with Crippen molar-refractivity contribution in [2.75, 3.05) is 13.7 Å². The number of allylic oxidation sites excluding steroid dienone is 4. The van der Waals surface area contributed by atoms with Crippen molar-refractivity contribution in [3.63, 3.8) is 0 Å². The first-order valence-electron chi connectivity index (χ1n) is 11.5. The standard InChI is InChI=1S/C25H34O7/c1-14(27)32-13-21(29)25(30)8-6-18-17-9-15(12-26)19-10-16(31-4)5-7-23(19,2)22(17)20(28)11-24(18,25)3/h10,12,17-18,20,22,28,30H,5-9,11,13H2,1-4H3/t17-,18-,20?,22+,23-,24-,25-/m0/s1. The highest BCUT2D eigenvalue weighted by Crippen LogP contribution is 2.67. The molecule has 0 heterocycles. The molecule has 2 fully saturated rings. The number of hydrogen-bond donors (Lipinski definition) is 2. The predicted octanol–water partition coefficient (Wildman–Crippen LogP) is 2.49. The van der Waals surface area contributed by atoms with Crippen molar-refractivity contribution in [3.8, 4) is 0 Å². The second kappa shape index (κ2) is 7.80. The quantitative estimate of drug-likeness (QED) is 0.493. The zero-order valence-electron chi connectivity index (χ0n) is 19.3. The molecule has 0 bridgehead atoms. The number of hydrogen-bond acceptors (Lipinski definition) is 7. The van der Waals surface area contributed by atoms with Crippen LogP contribution >= 0.6 is 0 Å². The Labute approximate surface area is 188 Å². The fourth-order valence-electron chi connectivity index (χ4n) is 7.65. The van der Waals surface area contributed by atoms with E-state index in [0.717, 1.165) is 36.0 Å². The highest BCUT2D eigenvalue weighted by atomic mass is 16.5. The number of aldehydes is 1. The van der Waals surface area contributed by atoms with Gasteiger partial charge in [0.1, 0.15) is 11.9 Å². The monoisotopic (exact) mass is 446 g/mol. The van der Waals surface area contributed by atoms with Crippen molar-refractivity contribution in [3.05, 3.63) is 23.0 Å². The van der Waals surface area contributed by atoms with Gasteiger partial charge < -0.3 is 19.7 Å². The first-order chi connectivity index (χ1) is 15.0. The van der Waals surface area contributed by atoms with Gasteiger partial charge in [-0.3, -0.25) is 14.4 Å². The van der Waals surface area contributed by atoms with Crippen LogP contribution in [0.5, 0.6) is 0 Å². The van der Waals surface area contributed by atoms with Gasteiger partial charge in [0.15, 0.2) is 6.61 Å². The van der Waals surface area contributed by atoms with Crippen LogP contribution in [-0.2, 0) is 23.9 Å². The summed E-state index contributed by atoms with van der Waals surface area (Å²) in [7, 11) is 1.63. The number of carbonyl (C=O) groups excluding carboxylic acids is 3. The summed E-state index contributed by atoms with van der Waals surface area (Å²) in [6.07, 6.45) is 5.38. The van der Waals surface area contributed by atoms with Crippen LogP contribution in [0.15, 0.2) is 23.0 Å². The van der Waals surface area contributed by atoms with Gasteiger partial charge in [-0.1, -0.05) is 13.8 Å². The van der Waals surface area contributed by atoms with E-state index < -0.39 is 35.5 Å². The van der Waals surface area contributed by atoms with Crippen molar-refractivity contribution < 1.29 is 34.1 Å². The van der Waals surface area contributed by atoms with Gasteiger partial charge in [0.25, 0.3) is 0 Å². The number of aliphatic hydroxyl groups is 2. The molecule has 7 atom stereocenters. The Morgan fingerprint density at radius 2 is 2.00 bits per heavy atom. The summed E-state index contributed by atoms with van der Waals surface area (Å²) in [4.78, 5) is 36.3. The fraction of sp³-hybridized carbons (Fsp3) is 0.720. The van der Waals surface area contributed by atoms with Crippen LogP contribution in [0.3, 0.4) is 0 Å². The predicted molar refractivity (Wildman–Crippen MR) is 115 cm³/mol. The summed E-state index contributed by atoms with van der Waals surface area (Å²) >= 11 is 0. The summed E-state index contributed by atoms with van der Waals surface area (Å²) in [6, 6.07) is 0. The summed E-state index contributed by atoms with van der Waals surface area (Å²) in [6.45, 7) is 4.77. The van der Waals surface area contributed by atoms with Crippen LogP contribution in [0.2, 0.25) is 0 Å². The molecule has 7 heteroatoms. The number of ketones is 1. The van der Waals surface area contributed by atoms with Gasteiger partial charge >= 0.3 is 5.97 Å². The highest BCUT2D eigenvalue weighted by molar-refractivity contribution is 5.91. The summed E-state index contributed by atoms with van der Waals surface area (Å²) in [5, 5.41) is 23.0. The molecular weight excluding hydrogens is 412 g/mol. The van der Waals surface area contributed by atoms with Crippen LogP contribution in [0.4, 0.5) is 0 Å². The van der Waals surface area contributed by atoms with Crippen molar-refractivity contribution in [2.45, 2.75) is 71.0 Å². The molecule has 0 aromatic rings. The molecule has 4 aliphatic rings. The van der Waals surface area contributed by atoms with E-state index in [1.165, 1.54) is 6.92 Å². The first kappa shape index (κ1) is 23.2. The van der Waals surface area contributed by atoms with E-state index in [2.05, 4.69) is 6.92 Å². The van der Waals surface area contributed by atoms with Crippen molar-refractivity contribution in [1.82, 2.24) is 0 Å². The van der Waals surface area contributed by atoms with Gasteiger partial charge in [0.05, 0.1) is 19.0 Å². The minimum Gasteiger partial charge on any atom is -0.501 e. The van der Waals surface area contributed by atoms with E-state index >= 15 is 0 Å². The Morgan fingerprint density at radius 3 is 2.62 bits per heavy atom. The van der Waals surface area contributed by atoms with E-state index in [9.17, 15) is 24.6 Å². The zero-order chi connectivity index (χ0) is 23.5. The maximum Gasteiger partial charge on any atom is 0.303 e. The Morgan fingerprint density at radius 1 is 1.28 bits per heavy atom. The van der Waals surface area contributed by atoms with Crippen molar-refractivity contribution >= 4 is 18.0 Å². The van der Waals surface area contributed by atoms with Gasteiger partial charge in [-0.05, 0) is 72.5 Å². The van der Waals surface area contributed by atoms with E-state index in [-0.39, 0.29) is 29.6 Å². The largest absolute Gasteiger partial charge is 0.501 e. The number of esters is 1. The molecule has 0 amide bonds. The summed E-state index contributed by atoms with van der Waals surface area (Å²) in [5.74, 6) is -0.354. The van der Waals surface area contributed by atoms with Gasteiger partial charge in [0.2, 0.25) is 5.78 Å². The lowest BCUT2D eigenvalue weighted by Crippen LogP contribution is -2.62. The number of rotatable bonds is 5. The average molecular weight is 447 g/mol. The van der Waals surface area contributed by atoms with Crippen molar-refractivity contribution in [1.29, 1.82) is 0 Å². The molecule has 32 heavy (non-hydrogen) atoms. The lowest BCUT2D eigenvalue weighted by atomic mass is 9.45. The van der Waals surface area contributed by atoms with E-state index in [1.807, 2.05) is 13.0 Å². The second-order valence-electron chi connectivity index (χ2n) is 10.6. The maximum absolute atomic E-state index is 13.0. The van der Waals surface area contributed by atoms with Crippen LogP contribution in [0.1, 0.15) is 59.3 Å². The lowest BCUT2D eigenvalue weighted by Gasteiger charge is -2.60. The van der Waals surface area contributed by atoms with Crippen LogP contribution in [-0.4, -0.2) is 53.7 Å². The molecule has 0 aliphatic heterocycles. The summed E-state index contributed by atoms with van der Waals surface area (Å²) < 4.78 is 10.4. The van der Waals surface area contributed by atoms with Gasteiger partial charge in [-0.2, -0.15) is 0 Å². The van der Waals surface area contributed by atoms with Gasteiger partial charge in [-0.25, -0.2) is 0 Å². The summed E-state index contributed by atoms with van der Waals surface area (Å²) in [5.41, 5.74) is -1.21. The number of methoxy groups -OCH3 is 1. The Kier molecular flexibility index (Phi) is 5.65.